The second-order valence-electron chi connectivity index (χ2n) is 11.3. The lowest BCUT2D eigenvalue weighted by Crippen LogP contribution is -2.65. The van der Waals surface area contributed by atoms with E-state index < -0.39 is 55.7 Å². The quantitative estimate of drug-likeness (QED) is 0.129. The Labute approximate surface area is 273 Å². The number of phosphoric ester groups is 1. The summed E-state index contributed by atoms with van der Waals surface area (Å²) < 4.78 is 15.8. The van der Waals surface area contributed by atoms with E-state index in [0.29, 0.717) is 39.4 Å². The molecule has 0 fully saturated rings. The first-order valence-corrected chi connectivity index (χ1v) is 16.5. The number of aromatic nitrogens is 1. The van der Waals surface area contributed by atoms with Crippen LogP contribution in [0, 0.1) is 5.92 Å². The molecule has 0 aliphatic heterocycles. The van der Waals surface area contributed by atoms with E-state index >= 15 is 0 Å². The molecular weight excluding hydrogens is 664 g/mol. The van der Waals surface area contributed by atoms with Gasteiger partial charge in [0.25, 0.3) is 0 Å². The molecule has 17 heteroatoms. The highest BCUT2D eigenvalue weighted by atomic mass is 35.5. The Kier molecular flexibility index (Phi) is 10.6. The van der Waals surface area contributed by atoms with Crippen molar-refractivity contribution in [3.63, 3.8) is 0 Å². The van der Waals surface area contributed by atoms with Crippen LogP contribution in [0.5, 0.6) is 5.75 Å². The Morgan fingerprint density at radius 3 is 2.41 bits per heavy atom. The maximum Gasteiger partial charge on any atom is 0.524 e. The van der Waals surface area contributed by atoms with Crippen molar-refractivity contribution < 1.29 is 43.2 Å². The zero-order valence-corrected chi connectivity index (χ0v) is 27.2. The van der Waals surface area contributed by atoms with E-state index in [1.54, 1.807) is 19.1 Å². The van der Waals surface area contributed by atoms with E-state index in [2.05, 4.69) is 25.5 Å². The summed E-state index contributed by atoms with van der Waals surface area (Å²) in [5.41, 5.74) is 6.36. The fraction of sp³-hybridized carbons (Fsp3) is 0.379. The molecule has 4 rings (SSSR count). The zero-order valence-electron chi connectivity index (χ0n) is 24.8. The van der Waals surface area contributed by atoms with Crippen LogP contribution in [0.4, 0.5) is 4.79 Å². The number of benzene rings is 2. The predicted molar refractivity (Wildman–Crippen MR) is 170 cm³/mol. The van der Waals surface area contributed by atoms with E-state index in [4.69, 9.17) is 38.7 Å². The second-order valence-corrected chi connectivity index (χ2v) is 13.3. The standard InChI is InChI=1S/C29H34Cl2N5O9P/c1-3-14(2)23(25(32)37)35-27(39)29(9-8-22-19(12-29)18-10-16(30)11-21(31)24(18)34-22)36-26(38)20(13-33-28(40)41)15-4-6-17(7-5-15)45-46(42,43)44/h4-7,10-11,14,20,23,33-34H,3,8-9,12-13H2,1-2H3,(H2,32,37)(H,35,39)(H,36,38)(H,40,41)(H2,42,43,44)/t14-,20-,23?,29+/m0/s1. The second kappa shape index (κ2) is 13.9. The molecule has 1 unspecified atom stereocenters. The molecule has 9 N–H and O–H groups in total. The van der Waals surface area contributed by atoms with Gasteiger partial charge in [0, 0.05) is 29.1 Å². The van der Waals surface area contributed by atoms with Crippen molar-refractivity contribution in [1.82, 2.24) is 20.9 Å². The topological polar surface area (TPSA) is 233 Å². The number of H-pyrrole nitrogens is 1. The maximum absolute atomic E-state index is 14.2. The SMILES string of the molecule is CC[C@H](C)C(NC(=O)[C@@]1(NC(=O)[C@@H](CNC(=O)O)c2ccc(OP(=O)(O)O)cc2)CCc2[nH]c3c(Cl)cc(Cl)cc3c2C1)C(N)=O. The van der Waals surface area contributed by atoms with Crippen molar-refractivity contribution in [2.45, 2.75) is 57.0 Å². The minimum absolute atomic E-state index is 0.0310. The molecular formula is C29H34Cl2N5O9P. The molecule has 0 saturated heterocycles. The third-order valence-corrected chi connectivity index (χ3v) is 9.15. The van der Waals surface area contributed by atoms with Crippen molar-refractivity contribution in [1.29, 1.82) is 0 Å². The first-order valence-electron chi connectivity index (χ1n) is 14.3. The van der Waals surface area contributed by atoms with Gasteiger partial charge < -0.3 is 36.3 Å². The minimum Gasteiger partial charge on any atom is -0.465 e. The molecule has 0 bridgehead atoms. The number of amides is 4. The molecule has 3 aromatic rings. The number of fused-ring (bicyclic) bond motifs is 3. The summed E-state index contributed by atoms with van der Waals surface area (Å²) in [5.74, 6) is -3.83. The fourth-order valence-corrected chi connectivity index (χ4v) is 6.55. The number of primary amides is 1. The van der Waals surface area contributed by atoms with Gasteiger partial charge in [-0.2, -0.15) is 0 Å². The Bertz CT molecular complexity index is 1710. The molecule has 1 aromatic heterocycles. The first kappa shape index (κ1) is 35.1. The highest BCUT2D eigenvalue weighted by Gasteiger charge is 2.46. The number of rotatable bonds is 12. The normalized spacial score (nSPS) is 18.1. The molecule has 1 aliphatic carbocycles. The predicted octanol–water partition coefficient (Wildman–Crippen LogP) is 3.36. The Morgan fingerprint density at radius 1 is 1.15 bits per heavy atom. The van der Waals surface area contributed by atoms with Gasteiger partial charge >= 0.3 is 13.9 Å². The summed E-state index contributed by atoms with van der Waals surface area (Å²) in [6.07, 6.45) is -0.518. The highest BCUT2D eigenvalue weighted by molar-refractivity contribution is 7.46. The van der Waals surface area contributed by atoms with Gasteiger partial charge in [-0.05, 0) is 54.2 Å². The van der Waals surface area contributed by atoms with Crippen LogP contribution >= 0.6 is 31.0 Å². The average molecular weight is 698 g/mol. The number of nitrogens with two attached hydrogens (primary N) is 1. The monoisotopic (exact) mass is 697 g/mol. The maximum atomic E-state index is 14.2. The van der Waals surface area contributed by atoms with E-state index in [0.717, 1.165) is 5.69 Å². The van der Waals surface area contributed by atoms with Crippen molar-refractivity contribution in [2.75, 3.05) is 6.54 Å². The third-order valence-electron chi connectivity index (χ3n) is 8.18. The van der Waals surface area contributed by atoms with E-state index in [1.165, 1.54) is 24.3 Å². The lowest BCUT2D eigenvalue weighted by atomic mass is 9.78. The van der Waals surface area contributed by atoms with E-state index in [1.807, 2.05) is 6.92 Å². The van der Waals surface area contributed by atoms with Crippen LogP contribution in [0.3, 0.4) is 0 Å². The summed E-state index contributed by atoms with van der Waals surface area (Å²) in [6.45, 7) is 3.20. The Morgan fingerprint density at radius 2 is 1.83 bits per heavy atom. The summed E-state index contributed by atoms with van der Waals surface area (Å²) in [5, 5.41) is 18.5. The molecule has 14 nitrogen and oxygen atoms in total. The molecule has 46 heavy (non-hydrogen) atoms. The highest BCUT2D eigenvalue weighted by Crippen LogP contribution is 2.40. The summed E-state index contributed by atoms with van der Waals surface area (Å²) in [7, 11) is -4.86. The minimum atomic E-state index is -4.86. The Balaban J connectivity index is 1.76. The molecule has 248 valence electrons. The fourth-order valence-electron chi connectivity index (χ4n) is 5.61. The van der Waals surface area contributed by atoms with Crippen molar-refractivity contribution in [3.05, 3.63) is 63.3 Å². The molecule has 4 amide bonds. The van der Waals surface area contributed by atoms with Crippen molar-refractivity contribution in [2.24, 2.45) is 11.7 Å². The van der Waals surface area contributed by atoms with Crippen LogP contribution in [0.2, 0.25) is 10.0 Å². The molecule has 2 aromatic carbocycles. The first-order chi connectivity index (χ1) is 21.5. The van der Waals surface area contributed by atoms with E-state index in [9.17, 15) is 28.8 Å². The molecule has 1 aliphatic rings. The van der Waals surface area contributed by atoms with Crippen LogP contribution in [0.25, 0.3) is 10.9 Å². The average Bonchev–Trinajstić information content (AvgIpc) is 3.33. The van der Waals surface area contributed by atoms with E-state index in [-0.39, 0.29) is 30.1 Å². The van der Waals surface area contributed by atoms with Crippen LogP contribution in [0.15, 0.2) is 36.4 Å². The van der Waals surface area contributed by atoms with Gasteiger partial charge in [-0.1, -0.05) is 55.6 Å². The zero-order chi connectivity index (χ0) is 34.0. The van der Waals surface area contributed by atoms with Crippen LogP contribution in [0.1, 0.15) is 49.4 Å². The molecule has 0 saturated carbocycles. The molecule has 0 radical (unpaired) electrons. The number of carbonyl (C=O) groups is 4. The lowest BCUT2D eigenvalue weighted by Gasteiger charge is -2.39. The van der Waals surface area contributed by atoms with Gasteiger partial charge in [0.05, 0.1) is 16.5 Å². The smallest absolute Gasteiger partial charge is 0.465 e. The van der Waals surface area contributed by atoms with Crippen molar-refractivity contribution in [3.8, 4) is 5.75 Å². The number of halogens is 2. The third kappa shape index (κ3) is 7.94. The van der Waals surface area contributed by atoms with Gasteiger partial charge in [-0.25, -0.2) is 9.36 Å². The van der Waals surface area contributed by atoms with Gasteiger partial charge in [0.2, 0.25) is 17.7 Å². The molecule has 0 spiro atoms. The summed E-state index contributed by atoms with van der Waals surface area (Å²) in [6, 6.07) is 7.36. The van der Waals surface area contributed by atoms with Gasteiger partial charge in [-0.15, -0.1) is 0 Å². The summed E-state index contributed by atoms with van der Waals surface area (Å²) >= 11 is 12.8. The van der Waals surface area contributed by atoms with Gasteiger partial charge in [0.15, 0.2) is 0 Å². The molecule has 4 atom stereocenters. The molecule has 1 heterocycles. The van der Waals surface area contributed by atoms with Crippen LogP contribution in [-0.4, -0.2) is 61.8 Å². The number of aromatic amines is 1. The van der Waals surface area contributed by atoms with Crippen molar-refractivity contribution >= 4 is 65.7 Å². The van der Waals surface area contributed by atoms with Gasteiger partial charge in [-0.3, -0.25) is 24.2 Å². The number of phosphoric acid groups is 1. The van der Waals surface area contributed by atoms with Crippen LogP contribution < -0.4 is 26.2 Å². The lowest BCUT2D eigenvalue weighted by molar-refractivity contribution is -0.137. The summed E-state index contributed by atoms with van der Waals surface area (Å²) in [4.78, 5) is 73.5. The Hall–Kier alpha value is -3.81. The number of hydrogen-bond donors (Lipinski definition) is 8. The van der Waals surface area contributed by atoms with Crippen LogP contribution in [-0.2, 0) is 31.8 Å². The number of hydrogen-bond acceptors (Lipinski definition) is 6. The van der Waals surface area contributed by atoms with Gasteiger partial charge in [0.1, 0.15) is 17.3 Å². The number of aryl methyl sites for hydroxylation is 1. The number of carboxylic acid groups (broad SMARTS) is 1. The number of nitrogens with one attached hydrogen (secondary N) is 4. The largest absolute Gasteiger partial charge is 0.524 e. The number of carbonyl (C=O) groups excluding carboxylic acids is 3.